The molecule has 1 aromatic rings. The SMILES string of the molecule is Cc1nn(C)cc1C(O)C1(C#N)CCC(C)CC1. The topological polar surface area (TPSA) is 61.8 Å². The van der Waals surface area contributed by atoms with Crippen LogP contribution in [-0.2, 0) is 7.05 Å². The molecule has 0 bridgehead atoms. The Balaban J connectivity index is 2.28. The fraction of sp³-hybridized carbons (Fsp3) is 0.714. The van der Waals surface area contributed by atoms with E-state index in [2.05, 4.69) is 18.1 Å². The average Bonchev–Trinajstić information content (AvgIpc) is 2.69. The maximum Gasteiger partial charge on any atom is 0.101 e. The molecule has 1 atom stereocenters. The maximum atomic E-state index is 10.6. The van der Waals surface area contributed by atoms with Crippen molar-refractivity contribution in [3.05, 3.63) is 17.5 Å². The number of aryl methyl sites for hydroxylation is 2. The fourth-order valence-corrected chi connectivity index (χ4v) is 2.91. The second-order valence-electron chi connectivity index (χ2n) is 5.70. The summed E-state index contributed by atoms with van der Waals surface area (Å²) in [6.45, 7) is 4.10. The summed E-state index contributed by atoms with van der Waals surface area (Å²) < 4.78 is 1.70. The molecular formula is C14H21N3O. The zero-order valence-corrected chi connectivity index (χ0v) is 11.3. The Morgan fingerprint density at radius 3 is 2.61 bits per heavy atom. The second-order valence-corrected chi connectivity index (χ2v) is 5.70. The van der Waals surface area contributed by atoms with Crippen LogP contribution in [0.3, 0.4) is 0 Å². The largest absolute Gasteiger partial charge is 0.387 e. The van der Waals surface area contributed by atoms with Gasteiger partial charge in [-0.05, 0) is 38.5 Å². The first-order valence-corrected chi connectivity index (χ1v) is 6.58. The van der Waals surface area contributed by atoms with Crippen LogP contribution in [0.25, 0.3) is 0 Å². The number of nitriles is 1. The molecule has 18 heavy (non-hydrogen) atoms. The van der Waals surface area contributed by atoms with Crippen molar-refractivity contribution >= 4 is 0 Å². The molecule has 0 aliphatic heterocycles. The normalized spacial score (nSPS) is 29.8. The van der Waals surface area contributed by atoms with Gasteiger partial charge in [-0.2, -0.15) is 10.4 Å². The lowest BCUT2D eigenvalue weighted by molar-refractivity contribution is 0.0262. The predicted molar refractivity (Wildman–Crippen MR) is 68.6 cm³/mol. The first-order chi connectivity index (χ1) is 8.48. The summed E-state index contributed by atoms with van der Waals surface area (Å²) in [4.78, 5) is 0. The molecule has 0 spiro atoms. The van der Waals surface area contributed by atoms with E-state index < -0.39 is 11.5 Å². The summed E-state index contributed by atoms with van der Waals surface area (Å²) in [5.41, 5.74) is 0.993. The van der Waals surface area contributed by atoms with E-state index in [9.17, 15) is 10.4 Å². The van der Waals surface area contributed by atoms with Crippen LogP contribution in [0, 0.1) is 29.6 Å². The maximum absolute atomic E-state index is 10.6. The molecule has 1 aliphatic rings. The van der Waals surface area contributed by atoms with E-state index in [1.54, 1.807) is 4.68 Å². The highest BCUT2D eigenvalue weighted by molar-refractivity contribution is 5.24. The summed E-state index contributed by atoms with van der Waals surface area (Å²) >= 11 is 0. The molecule has 1 saturated carbocycles. The van der Waals surface area contributed by atoms with Gasteiger partial charge in [0.2, 0.25) is 0 Å². The average molecular weight is 247 g/mol. The van der Waals surface area contributed by atoms with Gasteiger partial charge in [0.05, 0.1) is 17.2 Å². The lowest BCUT2D eigenvalue weighted by Crippen LogP contribution is -2.32. The minimum absolute atomic E-state index is 0.625. The molecule has 1 heterocycles. The van der Waals surface area contributed by atoms with Crippen LogP contribution in [0.2, 0.25) is 0 Å². The highest BCUT2D eigenvalue weighted by atomic mass is 16.3. The Labute approximate surface area is 108 Å². The van der Waals surface area contributed by atoms with Gasteiger partial charge in [-0.3, -0.25) is 4.68 Å². The third-order valence-electron chi connectivity index (χ3n) is 4.26. The number of nitrogens with zero attached hydrogens (tertiary/aromatic N) is 3. The van der Waals surface area contributed by atoms with Crippen LogP contribution in [0.4, 0.5) is 0 Å². The Morgan fingerprint density at radius 1 is 1.56 bits per heavy atom. The summed E-state index contributed by atoms with van der Waals surface area (Å²) in [5.74, 6) is 0.661. The third-order valence-corrected chi connectivity index (χ3v) is 4.26. The standard InChI is InChI=1S/C14H21N3O/c1-10-4-6-14(9-15,7-5-10)13(18)12-8-17(3)16-11(12)2/h8,10,13,18H,4-7H2,1-3H3. The van der Waals surface area contributed by atoms with Crippen LogP contribution in [0.1, 0.15) is 50.0 Å². The van der Waals surface area contributed by atoms with Gasteiger partial charge in [-0.15, -0.1) is 0 Å². The summed E-state index contributed by atoms with van der Waals surface area (Å²) in [6, 6.07) is 2.39. The molecule has 1 unspecified atom stereocenters. The lowest BCUT2D eigenvalue weighted by atomic mass is 9.67. The van der Waals surface area contributed by atoms with Gasteiger partial charge in [-0.1, -0.05) is 6.92 Å². The van der Waals surface area contributed by atoms with Gasteiger partial charge < -0.3 is 5.11 Å². The smallest absolute Gasteiger partial charge is 0.101 e. The number of rotatable bonds is 2. The van der Waals surface area contributed by atoms with Crippen molar-refractivity contribution in [2.75, 3.05) is 0 Å². The van der Waals surface area contributed by atoms with Gasteiger partial charge in [0, 0.05) is 18.8 Å². The second kappa shape index (κ2) is 4.74. The van der Waals surface area contributed by atoms with E-state index in [-0.39, 0.29) is 0 Å². The van der Waals surface area contributed by atoms with Crippen LogP contribution >= 0.6 is 0 Å². The number of aromatic nitrogens is 2. The Kier molecular flexibility index (Phi) is 3.45. The van der Waals surface area contributed by atoms with Crippen LogP contribution in [-0.4, -0.2) is 14.9 Å². The Hall–Kier alpha value is -1.34. The monoisotopic (exact) mass is 247 g/mol. The summed E-state index contributed by atoms with van der Waals surface area (Å²) in [7, 11) is 1.84. The molecule has 4 heteroatoms. The molecule has 1 aromatic heterocycles. The summed E-state index contributed by atoms with van der Waals surface area (Å²) in [5, 5.41) is 24.4. The van der Waals surface area contributed by atoms with Gasteiger partial charge in [0.15, 0.2) is 0 Å². The molecule has 2 rings (SSSR count). The fourth-order valence-electron chi connectivity index (χ4n) is 2.91. The van der Waals surface area contributed by atoms with E-state index in [1.165, 1.54) is 0 Å². The Morgan fingerprint density at radius 2 is 2.17 bits per heavy atom. The highest BCUT2D eigenvalue weighted by Crippen LogP contribution is 2.47. The molecule has 0 aromatic carbocycles. The van der Waals surface area contributed by atoms with Crippen molar-refractivity contribution in [3.8, 4) is 6.07 Å². The van der Waals surface area contributed by atoms with E-state index in [4.69, 9.17) is 0 Å². The molecule has 0 saturated heterocycles. The molecule has 1 N–H and O–H groups in total. The zero-order valence-electron chi connectivity index (χ0n) is 11.3. The molecule has 0 amide bonds. The van der Waals surface area contributed by atoms with E-state index in [0.717, 1.165) is 36.9 Å². The zero-order chi connectivity index (χ0) is 13.3. The van der Waals surface area contributed by atoms with Gasteiger partial charge in [0.25, 0.3) is 0 Å². The first kappa shape index (κ1) is 13.1. The van der Waals surface area contributed by atoms with Crippen molar-refractivity contribution in [1.82, 2.24) is 9.78 Å². The van der Waals surface area contributed by atoms with Crippen molar-refractivity contribution in [2.45, 2.75) is 45.6 Å². The number of hydrogen-bond acceptors (Lipinski definition) is 3. The predicted octanol–water partition coefficient (Wildman–Crippen LogP) is 2.48. The van der Waals surface area contributed by atoms with Gasteiger partial charge >= 0.3 is 0 Å². The molecule has 98 valence electrons. The van der Waals surface area contributed by atoms with Crippen molar-refractivity contribution < 1.29 is 5.11 Å². The Bertz CT molecular complexity index is 464. The molecule has 1 aliphatic carbocycles. The van der Waals surface area contributed by atoms with E-state index in [0.29, 0.717) is 5.92 Å². The van der Waals surface area contributed by atoms with Crippen LogP contribution in [0.15, 0.2) is 6.20 Å². The summed E-state index contributed by atoms with van der Waals surface area (Å²) in [6.07, 6.45) is 4.70. The number of aliphatic hydroxyl groups excluding tert-OH is 1. The van der Waals surface area contributed by atoms with E-state index in [1.807, 2.05) is 20.2 Å². The van der Waals surface area contributed by atoms with Gasteiger partial charge in [-0.25, -0.2) is 0 Å². The number of hydrogen-bond donors (Lipinski definition) is 1. The lowest BCUT2D eigenvalue weighted by Gasteiger charge is -2.37. The molecular weight excluding hydrogens is 226 g/mol. The first-order valence-electron chi connectivity index (χ1n) is 6.58. The minimum Gasteiger partial charge on any atom is -0.387 e. The quantitative estimate of drug-likeness (QED) is 0.873. The van der Waals surface area contributed by atoms with Crippen LogP contribution < -0.4 is 0 Å². The highest BCUT2D eigenvalue weighted by Gasteiger charge is 2.42. The van der Waals surface area contributed by atoms with Gasteiger partial charge in [0.1, 0.15) is 6.10 Å². The van der Waals surface area contributed by atoms with Crippen molar-refractivity contribution in [3.63, 3.8) is 0 Å². The van der Waals surface area contributed by atoms with E-state index >= 15 is 0 Å². The molecule has 0 radical (unpaired) electrons. The third kappa shape index (κ3) is 2.15. The minimum atomic E-state index is -0.719. The van der Waals surface area contributed by atoms with Crippen LogP contribution in [0.5, 0.6) is 0 Å². The van der Waals surface area contributed by atoms with Crippen molar-refractivity contribution in [1.29, 1.82) is 5.26 Å². The number of aliphatic hydroxyl groups is 1. The molecule has 1 fully saturated rings. The van der Waals surface area contributed by atoms with Crippen molar-refractivity contribution in [2.24, 2.45) is 18.4 Å². The molecule has 4 nitrogen and oxygen atoms in total.